The average molecular weight is 255 g/mol. The maximum Gasteiger partial charge on any atom is 0.419 e. The fraction of sp³-hybridized carbons (Fsp3) is 0.455. The lowest BCUT2D eigenvalue weighted by Crippen LogP contribution is -2.09. The molecule has 0 nitrogen and oxygen atoms in total. The summed E-state index contributed by atoms with van der Waals surface area (Å²) < 4.78 is 49.9. The molecule has 0 spiro atoms. The van der Waals surface area contributed by atoms with Gasteiger partial charge in [0.25, 0.3) is 0 Å². The third-order valence-corrected chi connectivity index (χ3v) is 2.71. The SMILES string of the molecule is CC(CCl)Cc1ccc(C(F)(F)F)c(F)c1. The highest BCUT2D eigenvalue weighted by atomic mass is 35.5. The van der Waals surface area contributed by atoms with E-state index in [1.165, 1.54) is 6.07 Å². The van der Waals surface area contributed by atoms with Gasteiger partial charge in [0.2, 0.25) is 0 Å². The van der Waals surface area contributed by atoms with Crippen molar-refractivity contribution in [3.63, 3.8) is 0 Å². The smallest absolute Gasteiger partial charge is 0.206 e. The Hall–Kier alpha value is -0.770. The molecule has 0 radical (unpaired) electrons. The molecule has 0 aliphatic heterocycles. The van der Waals surface area contributed by atoms with Crippen LogP contribution in [0.5, 0.6) is 0 Å². The van der Waals surface area contributed by atoms with Crippen molar-refractivity contribution < 1.29 is 17.6 Å². The lowest BCUT2D eigenvalue weighted by molar-refractivity contribution is -0.140. The van der Waals surface area contributed by atoms with Crippen molar-refractivity contribution in [3.8, 4) is 0 Å². The van der Waals surface area contributed by atoms with Gasteiger partial charge in [0.1, 0.15) is 5.82 Å². The van der Waals surface area contributed by atoms with Gasteiger partial charge in [-0.1, -0.05) is 13.0 Å². The number of rotatable bonds is 3. The maximum absolute atomic E-state index is 13.1. The maximum atomic E-state index is 13.1. The molecule has 0 saturated heterocycles. The molecule has 0 aliphatic carbocycles. The van der Waals surface area contributed by atoms with E-state index < -0.39 is 17.6 Å². The highest BCUT2D eigenvalue weighted by Crippen LogP contribution is 2.31. The summed E-state index contributed by atoms with van der Waals surface area (Å²) in [5.41, 5.74) is -0.701. The molecule has 1 atom stereocenters. The topological polar surface area (TPSA) is 0 Å². The summed E-state index contributed by atoms with van der Waals surface area (Å²) in [4.78, 5) is 0. The monoisotopic (exact) mass is 254 g/mol. The second-order valence-corrected chi connectivity index (χ2v) is 4.08. The van der Waals surface area contributed by atoms with Crippen LogP contribution in [0.2, 0.25) is 0 Å². The molecule has 1 unspecified atom stereocenters. The summed E-state index contributed by atoms with van der Waals surface area (Å²) in [6.07, 6.45) is -4.17. The number of alkyl halides is 4. The van der Waals surface area contributed by atoms with Crippen molar-refractivity contribution in [1.29, 1.82) is 0 Å². The fourth-order valence-electron chi connectivity index (χ4n) is 1.37. The molecule has 1 aromatic rings. The number of hydrogen-bond acceptors (Lipinski definition) is 0. The van der Waals surface area contributed by atoms with Gasteiger partial charge in [-0.05, 0) is 30.0 Å². The second kappa shape index (κ2) is 5.04. The Morgan fingerprint density at radius 1 is 1.31 bits per heavy atom. The van der Waals surface area contributed by atoms with E-state index >= 15 is 0 Å². The van der Waals surface area contributed by atoms with E-state index in [2.05, 4.69) is 0 Å². The lowest BCUT2D eigenvalue weighted by Gasteiger charge is -2.11. The minimum absolute atomic E-state index is 0.109. The molecule has 0 amide bonds. The predicted octanol–water partition coefficient (Wildman–Crippen LogP) is 4.26. The van der Waals surface area contributed by atoms with E-state index in [-0.39, 0.29) is 5.92 Å². The Labute approximate surface area is 96.2 Å². The Morgan fingerprint density at radius 2 is 1.94 bits per heavy atom. The molecule has 0 fully saturated rings. The van der Waals surface area contributed by atoms with Crippen LogP contribution in [0.15, 0.2) is 18.2 Å². The molecule has 16 heavy (non-hydrogen) atoms. The number of hydrogen-bond donors (Lipinski definition) is 0. The van der Waals surface area contributed by atoms with Crippen LogP contribution in [-0.2, 0) is 12.6 Å². The van der Waals surface area contributed by atoms with Gasteiger partial charge in [-0.25, -0.2) is 4.39 Å². The highest BCUT2D eigenvalue weighted by molar-refractivity contribution is 6.18. The zero-order chi connectivity index (χ0) is 12.3. The molecule has 0 N–H and O–H groups in total. The van der Waals surface area contributed by atoms with Crippen molar-refractivity contribution in [3.05, 3.63) is 35.1 Å². The molecule has 90 valence electrons. The molecule has 1 aromatic carbocycles. The Kier molecular flexibility index (Phi) is 4.19. The number of halogens is 5. The van der Waals surface area contributed by atoms with Gasteiger partial charge in [-0.15, -0.1) is 11.6 Å². The molecule has 0 bridgehead atoms. The van der Waals surface area contributed by atoms with Crippen molar-refractivity contribution in [2.45, 2.75) is 19.5 Å². The van der Waals surface area contributed by atoms with E-state index in [1.54, 1.807) is 0 Å². The zero-order valence-corrected chi connectivity index (χ0v) is 9.37. The minimum Gasteiger partial charge on any atom is -0.206 e. The summed E-state index contributed by atoms with van der Waals surface area (Å²) in [6, 6.07) is 2.98. The summed E-state index contributed by atoms with van der Waals surface area (Å²) in [5.74, 6) is -0.729. The normalized spacial score (nSPS) is 13.9. The van der Waals surface area contributed by atoms with E-state index in [1.807, 2.05) is 6.92 Å². The van der Waals surface area contributed by atoms with Crippen molar-refractivity contribution >= 4 is 11.6 Å². The first-order valence-corrected chi connectivity index (χ1v) is 5.29. The first-order valence-electron chi connectivity index (χ1n) is 4.76. The van der Waals surface area contributed by atoms with Crippen molar-refractivity contribution in [2.75, 3.05) is 5.88 Å². The fourth-order valence-corrected chi connectivity index (χ4v) is 1.48. The van der Waals surface area contributed by atoms with Crippen LogP contribution in [0.25, 0.3) is 0 Å². The van der Waals surface area contributed by atoms with E-state index in [0.29, 0.717) is 17.9 Å². The van der Waals surface area contributed by atoms with Crippen LogP contribution in [-0.4, -0.2) is 5.88 Å². The first-order chi connectivity index (χ1) is 7.34. The summed E-state index contributed by atoms with van der Waals surface area (Å²) in [7, 11) is 0. The van der Waals surface area contributed by atoms with Crippen LogP contribution >= 0.6 is 11.6 Å². The van der Waals surface area contributed by atoms with Gasteiger partial charge in [0.15, 0.2) is 0 Å². The molecular formula is C11H11ClF4. The van der Waals surface area contributed by atoms with Crippen molar-refractivity contribution in [2.24, 2.45) is 5.92 Å². The zero-order valence-electron chi connectivity index (χ0n) is 8.61. The second-order valence-electron chi connectivity index (χ2n) is 3.78. The van der Waals surface area contributed by atoms with Crippen LogP contribution < -0.4 is 0 Å². The molecular weight excluding hydrogens is 244 g/mol. The van der Waals surface area contributed by atoms with Gasteiger partial charge >= 0.3 is 6.18 Å². The van der Waals surface area contributed by atoms with Gasteiger partial charge < -0.3 is 0 Å². The Morgan fingerprint density at radius 3 is 2.38 bits per heavy atom. The number of benzene rings is 1. The molecule has 0 heterocycles. The Bertz CT molecular complexity index is 359. The van der Waals surface area contributed by atoms with Crippen LogP contribution in [0, 0.1) is 11.7 Å². The average Bonchev–Trinajstić information content (AvgIpc) is 2.15. The van der Waals surface area contributed by atoms with Crippen LogP contribution in [0.1, 0.15) is 18.1 Å². The quantitative estimate of drug-likeness (QED) is 0.558. The first kappa shape index (κ1) is 13.3. The van der Waals surface area contributed by atoms with Gasteiger partial charge in [-0.3, -0.25) is 0 Å². The highest BCUT2D eigenvalue weighted by Gasteiger charge is 2.33. The summed E-state index contributed by atoms with van der Waals surface area (Å²) in [5, 5.41) is 0. The predicted molar refractivity (Wildman–Crippen MR) is 55.0 cm³/mol. The van der Waals surface area contributed by atoms with E-state index in [0.717, 1.165) is 12.1 Å². The third-order valence-electron chi connectivity index (χ3n) is 2.19. The van der Waals surface area contributed by atoms with Crippen LogP contribution in [0.3, 0.4) is 0 Å². The molecule has 0 saturated carbocycles. The summed E-state index contributed by atoms with van der Waals surface area (Å²) >= 11 is 5.57. The van der Waals surface area contributed by atoms with E-state index in [9.17, 15) is 17.6 Å². The molecule has 5 heteroatoms. The molecule has 0 aromatic heterocycles. The standard InChI is InChI=1S/C11H11ClF4/c1-7(6-12)4-8-2-3-9(10(13)5-8)11(14,15)16/h2-3,5,7H,4,6H2,1H3. The largest absolute Gasteiger partial charge is 0.419 e. The lowest BCUT2D eigenvalue weighted by atomic mass is 10.0. The van der Waals surface area contributed by atoms with Crippen LogP contribution in [0.4, 0.5) is 17.6 Å². The Balaban J connectivity index is 2.91. The van der Waals surface area contributed by atoms with Gasteiger partial charge in [0, 0.05) is 5.88 Å². The van der Waals surface area contributed by atoms with E-state index in [4.69, 9.17) is 11.6 Å². The van der Waals surface area contributed by atoms with Crippen molar-refractivity contribution in [1.82, 2.24) is 0 Å². The third kappa shape index (κ3) is 3.37. The van der Waals surface area contributed by atoms with Gasteiger partial charge in [0.05, 0.1) is 5.56 Å². The molecule has 0 aliphatic rings. The van der Waals surface area contributed by atoms with Gasteiger partial charge in [-0.2, -0.15) is 13.2 Å². The molecule has 1 rings (SSSR count). The minimum atomic E-state index is -4.64. The summed E-state index contributed by atoms with van der Waals surface area (Å²) in [6.45, 7) is 1.85.